The van der Waals surface area contributed by atoms with Gasteiger partial charge in [-0.15, -0.1) is 0 Å². The molecule has 1 saturated heterocycles. The van der Waals surface area contributed by atoms with E-state index in [1.165, 1.54) is 6.07 Å². The van der Waals surface area contributed by atoms with Crippen LogP contribution < -0.4 is 5.32 Å². The molecule has 1 aromatic rings. The van der Waals surface area contributed by atoms with Gasteiger partial charge in [0, 0.05) is 31.2 Å². The molecule has 1 aliphatic rings. The van der Waals surface area contributed by atoms with Crippen LogP contribution >= 0.6 is 0 Å². The van der Waals surface area contributed by atoms with E-state index in [-0.39, 0.29) is 17.5 Å². The fourth-order valence-corrected chi connectivity index (χ4v) is 2.37. The topological polar surface area (TPSA) is 32.3 Å². The molecule has 5 heteroatoms. The van der Waals surface area contributed by atoms with E-state index in [9.17, 15) is 13.6 Å². The molecule has 0 bridgehead atoms. The van der Waals surface area contributed by atoms with Crippen LogP contribution in [-0.4, -0.2) is 36.5 Å². The molecule has 1 amide bonds. The maximum atomic E-state index is 13.2. The minimum Gasteiger partial charge on any atom is -0.333 e. The monoisotopic (exact) mass is 268 g/mol. The highest BCUT2D eigenvalue weighted by molar-refractivity contribution is 5.94. The standard InChI is InChI=1S/C14H18F2N2O/c1-9(2)13-8-17-5-6-18(13)14(19)10-3-4-11(15)12(16)7-10/h3-4,7,9,13,17H,5-6,8H2,1-2H3. The number of amides is 1. The molecule has 0 spiro atoms. The van der Waals surface area contributed by atoms with E-state index in [0.717, 1.165) is 25.2 Å². The molecular formula is C14H18F2N2O. The predicted molar refractivity (Wildman–Crippen MR) is 68.9 cm³/mol. The van der Waals surface area contributed by atoms with Gasteiger partial charge in [-0.2, -0.15) is 0 Å². The quantitative estimate of drug-likeness (QED) is 0.890. The smallest absolute Gasteiger partial charge is 0.254 e. The Hall–Kier alpha value is -1.49. The van der Waals surface area contributed by atoms with Crippen LogP contribution in [0.5, 0.6) is 0 Å². The Bertz CT molecular complexity index is 477. The Morgan fingerprint density at radius 2 is 2.11 bits per heavy atom. The lowest BCUT2D eigenvalue weighted by atomic mass is 9.99. The number of nitrogens with zero attached hydrogens (tertiary/aromatic N) is 1. The van der Waals surface area contributed by atoms with E-state index in [1.54, 1.807) is 4.90 Å². The van der Waals surface area contributed by atoms with Crippen LogP contribution in [0.4, 0.5) is 8.78 Å². The Morgan fingerprint density at radius 1 is 1.37 bits per heavy atom. The van der Waals surface area contributed by atoms with Gasteiger partial charge < -0.3 is 10.2 Å². The van der Waals surface area contributed by atoms with E-state index in [1.807, 2.05) is 13.8 Å². The summed E-state index contributed by atoms with van der Waals surface area (Å²) in [7, 11) is 0. The second kappa shape index (κ2) is 5.65. The summed E-state index contributed by atoms with van der Waals surface area (Å²) in [5.74, 6) is -1.85. The summed E-state index contributed by atoms with van der Waals surface area (Å²) in [4.78, 5) is 14.1. The molecule has 1 aliphatic heterocycles. The van der Waals surface area contributed by atoms with Gasteiger partial charge in [0.25, 0.3) is 5.91 Å². The van der Waals surface area contributed by atoms with Crippen LogP contribution in [0, 0.1) is 17.6 Å². The van der Waals surface area contributed by atoms with Crippen molar-refractivity contribution >= 4 is 5.91 Å². The van der Waals surface area contributed by atoms with Gasteiger partial charge in [-0.05, 0) is 24.1 Å². The van der Waals surface area contributed by atoms with Crippen molar-refractivity contribution < 1.29 is 13.6 Å². The lowest BCUT2D eigenvalue weighted by molar-refractivity contribution is 0.0573. The van der Waals surface area contributed by atoms with Gasteiger partial charge in [-0.1, -0.05) is 13.8 Å². The first-order chi connectivity index (χ1) is 9.00. The maximum absolute atomic E-state index is 13.2. The number of piperazine rings is 1. The molecule has 1 aromatic carbocycles. The number of benzene rings is 1. The van der Waals surface area contributed by atoms with Crippen LogP contribution in [-0.2, 0) is 0 Å². The van der Waals surface area contributed by atoms with Crippen molar-refractivity contribution in [2.75, 3.05) is 19.6 Å². The van der Waals surface area contributed by atoms with Crippen LogP contribution in [0.25, 0.3) is 0 Å². The van der Waals surface area contributed by atoms with E-state index < -0.39 is 11.6 Å². The lowest BCUT2D eigenvalue weighted by Gasteiger charge is -2.38. The summed E-state index contributed by atoms with van der Waals surface area (Å²) in [5, 5.41) is 3.25. The van der Waals surface area contributed by atoms with Gasteiger partial charge in [-0.3, -0.25) is 4.79 Å². The molecule has 2 rings (SSSR count). The van der Waals surface area contributed by atoms with Gasteiger partial charge >= 0.3 is 0 Å². The van der Waals surface area contributed by atoms with Crippen LogP contribution in [0.2, 0.25) is 0 Å². The highest BCUT2D eigenvalue weighted by atomic mass is 19.2. The van der Waals surface area contributed by atoms with E-state index in [2.05, 4.69) is 5.32 Å². The molecule has 1 N–H and O–H groups in total. The first kappa shape index (κ1) is 13.9. The van der Waals surface area contributed by atoms with E-state index >= 15 is 0 Å². The highest BCUT2D eigenvalue weighted by Gasteiger charge is 2.29. The third-order valence-electron chi connectivity index (χ3n) is 3.48. The number of carbonyl (C=O) groups is 1. The Labute approximate surface area is 111 Å². The van der Waals surface area contributed by atoms with Crippen molar-refractivity contribution in [2.45, 2.75) is 19.9 Å². The first-order valence-electron chi connectivity index (χ1n) is 6.47. The second-order valence-corrected chi connectivity index (χ2v) is 5.14. The number of hydrogen-bond acceptors (Lipinski definition) is 2. The molecular weight excluding hydrogens is 250 g/mol. The molecule has 0 radical (unpaired) electrons. The zero-order valence-electron chi connectivity index (χ0n) is 11.1. The minimum atomic E-state index is -0.984. The Morgan fingerprint density at radius 3 is 2.74 bits per heavy atom. The predicted octanol–water partition coefficient (Wildman–Crippen LogP) is 2.03. The van der Waals surface area contributed by atoms with Gasteiger partial charge in [0.2, 0.25) is 0 Å². The molecule has 1 atom stereocenters. The van der Waals surface area contributed by atoms with Gasteiger partial charge in [0.15, 0.2) is 11.6 Å². The third kappa shape index (κ3) is 2.92. The number of hydrogen-bond donors (Lipinski definition) is 1. The average Bonchev–Trinajstić information content (AvgIpc) is 2.41. The SMILES string of the molecule is CC(C)C1CNCCN1C(=O)c1ccc(F)c(F)c1. The molecule has 19 heavy (non-hydrogen) atoms. The first-order valence-corrected chi connectivity index (χ1v) is 6.47. The van der Waals surface area contributed by atoms with Crippen molar-refractivity contribution in [1.82, 2.24) is 10.2 Å². The molecule has 0 aliphatic carbocycles. The third-order valence-corrected chi connectivity index (χ3v) is 3.48. The Kier molecular flexibility index (Phi) is 4.14. The number of carbonyl (C=O) groups excluding carboxylic acids is 1. The van der Waals surface area contributed by atoms with Crippen LogP contribution in [0.1, 0.15) is 24.2 Å². The van der Waals surface area contributed by atoms with Crippen LogP contribution in [0.15, 0.2) is 18.2 Å². The number of rotatable bonds is 2. The normalized spacial score (nSPS) is 19.8. The summed E-state index contributed by atoms with van der Waals surface area (Å²) in [6.07, 6.45) is 0. The zero-order valence-corrected chi connectivity index (χ0v) is 11.1. The molecule has 0 aromatic heterocycles. The van der Waals surface area contributed by atoms with Gasteiger partial charge in [-0.25, -0.2) is 8.78 Å². The fraction of sp³-hybridized carbons (Fsp3) is 0.500. The van der Waals surface area contributed by atoms with Crippen molar-refractivity contribution in [3.8, 4) is 0 Å². The summed E-state index contributed by atoms with van der Waals surface area (Å²) < 4.78 is 26.1. The van der Waals surface area contributed by atoms with Gasteiger partial charge in [0.1, 0.15) is 0 Å². The van der Waals surface area contributed by atoms with Crippen molar-refractivity contribution in [1.29, 1.82) is 0 Å². The molecule has 1 heterocycles. The summed E-state index contributed by atoms with van der Waals surface area (Å²) in [6, 6.07) is 3.38. The zero-order chi connectivity index (χ0) is 14.0. The minimum absolute atomic E-state index is 0.0781. The summed E-state index contributed by atoms with van der Waals surface area (Å²) >= 11 is 0. The molecule has 104 valence electrons. The average molecular weight is 268 g/mol. The maximum Gasteiger partial charge on any atom is 0.254 e. The summed E-state index contributed by atoms with van der Waals surface area (Å²) in [5.41, 5.74) is 0.200. The summed E-state index contributed by atoms with van der Waals surface area (Å²) in [6.45, 7) is 6.12. The highest BCUT2D eigenvalue weighted by Crippen LogP contribution is 2.18. The van der Waals surface area contributed by atoms with Crippen molar-refractivity contribution in [2.24, 2.45) is 5.92 Å². The van der Waals surface area contributed by atoms with Crippen molar-refractivity contribution in [3.63, 3.8) is 0 Å². The Balaban J connectivity index is 2.23. The molecule has 3 nitrogen and oxygen atoms in total. The van der Waals surface area contributed by atoms with Crippen molar-refractivity contribution in [3.05, 3.63) is 35.4 Å². The van der Waals surface area contributed by atoms with E-state index in [4.69, 9.17) is 0 Å². The van der Waals surface area contributed by atoms with Gasteiger partial charge in [0.05, 0.1) is 0 Å². The molecule has 0 saturated carbocycles. The number of halogens is 2. The largest absolute Gasteiger partial charge is 0.333 e. The number of nitrogens with one attached hydrogen (secondary N) is 1. The van der Waals surface area contributed by atoms with E-state index in [0.29, 0.717) is 12.5 Å². The fourth-order valence-electron chi connectivity index (χ4n) is 2.37. The molecule has 1 unspecified atom stereocenters. The molecule has 1 fully saturated rings. The second-order valence-electron chi connectivity index (χ2n) is 5.14. The lowest BCUT2D eigenvalue weighted by Crippen LogP contribution is -2.55. The van der Waals surface area contributed by atoms with Crippen LogP contribution in [0.3, 0.4) is 0 Å².